The van der Waals surface area contributed by atoms with E-state index < -0.39 is 9.75 Å². The first-order valence-electron chi connectivity index (χ1n) is 6.47. The summed E-state index contributed by atoms with van der Waals surface area (Å²) >= 11 is 17.0. The highest BCUT2D eigenvalue weighted by atomic mass is 35.5. The van der Waals surface area contributed by atoms with Gasteiger partial charge in [0, 0.05) is 11.8 Å². The molecule has 6 nitrogen and oxygen atoms in total. The standard InChI is InChI=1S/C13H13Cl2N3O3S/c1-12(5-13(12,14)15)10(19)17-18-11(22)16-7-2-3-8-9(4-7)21-6-20-8/h2-4H,5-6H2,1H3,(H,17,19)(H2,16,18,22)/t12-/m0/s1. The largest absolute Gasteiger partial charge is 0.454 e. The van der Waals surface area contributed by atoms with E-state index in [2.05, 4.69) is 16.2 Å². The number of fused-ring (bicyclic) bond motifs is 1. The molecule has 2 aliphatic rings. The zero-order valence-electron chi connectivity index (χ0n) is 11.5. The zero-order chi connectivity index (χ0) is 16.0. The summed E-state index contributed by atoms with van der Waals surface area (Å²) in [5.41, 5.74) is 5.01. The molecule has 3 N–H and O–H groups in total. The van der Waals surface area contributed by atoms with E-state index in [9.17, 15) is 4.79 Å². The summed E-state index contributed by atoms with van der Waals surface area (Å²) in [6.07, 6.45) is 0.402. The minimum absolute atomic E-state index is 0.203. The maximum Gasteiger partial charge on any atom is 0.247 e. The molecule has 1 saturated carbocycles. The van der Waals surface area contributed by atoms with Crippen LogP contribution in [0.25, 0.3) is 0 Å². The Bertz CT molecular complexity index is 655. The molecular weight excluding hydrogens is 349 g/mol. The molecule has 1 aliphatic heterocycles. The normalized spacial score (nSPS) is 23.6. The smallest absolute Gasteiger partial charge is 0.247 e. The van der Waals surface area contributed by atoms with Gasteiger partial charge < -0.3 is 14.8 Å². The maximum atomic E-state index is 12.0. The number of ether oxygens (including phenoxy) is 2. The third-order valence-corrected chi connectivity index (χ3v) is 4.98. The van der Waals surface area contributed by atoms with Crippen LogP contribution in [0, 0.1) is 5.41 Å². The topological polar surface area (TPSA) is 71.6 Å². The van der Waals surface area contributed by atoms with Crippen LogP contribution in [0.5, 0.6) is 11.5 Å². The van der Waals surface area contributed by atoms with Crippen LogP contribution in [0.2, 0.25) is 0 Å². The van der Waals surface area contributed by atoms with E-state index in [4.69, 9.17) is 44.9 Å². The Balaban J connectivity index is 1.52. The Morgan fingerprint density at radius 1 is 1.27 bits per heavy atom. The molecule has 1 aliphatic carbocycles. The minimum atomic E-state index is -1.02. The fourth-order valence-corrected chi connectivity index (χ4v) is 2.91. The van der Waals surface area contributed by atoms with E-state index in [1.165, 1.54) is 0 Å². The Morgan fingerprint density at radius 3 is 2.64 bits per heavy atom. The second-order valence-corrected chi connectivity index (χ2v) is 7.21. The van der Waals surface area contributed by atoms with Crippen molar-refractivity contribution in [2.24, 2.45) is 5.41 Å². The number of amides is 1. The summed E-state index contributed by atoms with van der Waals surface area (Å²) in [4.78, 5) is 12.0. The average molecular weight is 362 g/mol. The number of alkyl halides is 2. The van der Waals surface area contributed by atoms with Gasteiger partial charge in [-0.25, -0.2) is 0 Å². The van der Waals surface area contributed by atoms with E-state index in [1.807, 2.05) is 0 Å². The van der Waals surface area contributed by atoms with E-state index >= 15 is 0 Å². The first-order valence-corrected chi connectivity index (χ1v) is 7.63. The third-order valence-electron chi connectivity index (χ3n) is 3.68. The summed E-state index contributed by atoms with van der Waals surface area (Å²) < 4.78 is 9.47. The van der Waals surface area contributed by atoms with Gasteiger partial charge in [0.1, 0.15) is 4.33 Å². The number of hydrogen-bond donors (Lipinski definition) is 3. The van der Waals surface area contributed by atoms with E-state index in [0.717, 1.165) is 0 Å². The predicted octanol–water partition coefficient (Wildman–Crippen LogP) is 2.32. The van der Waals surface area contributed by atoms with Crippen LogP contribution in [0.3, 0.4) is 0 Å². The number of carbonyl (C=O) groups excluding carboxylic acids is 1. The van der Waals surface area contributed by atoms with E-state index in [-0.39, 0.29) is 17.8 Å². The van der Waals surface area contributed by atoms with Crippen molar-refractivity contribution in [2.75, 3.05) is 12.1 Å². The highest BCUT2D eigenvalue weighted by Crippen LogP contribution is 2.63. The number of thiocarbonyl (C=S) groups is 1. The van der Waals surface area contributed by atoms with Crippen LogP contribution in [0.15, 0.2) is 18.2 Å². The van der Waals surface area contributed by atoms with E-state index in [1.54, 1.807) is 25.1 Å². The molecule has 0 spiro atoms. The molecule has 1 heterocycles. The van der Waals surface area contributed by atoms with Gasteiger partial charge in [-0.15, -0.1) is 23.2 Å². The fourth-order valence-electron chi connectivity index (χ4n) is 2.03. The third kappa shape index (κ3) is 2.76. The molecule has 1 fully saturated rings. The van der Waals surface area contributed by atoms with Crippen molar-refractivity contribution in [1.82, 2.24) is 10.9 Å². The van der Waals surface area contributed by atoms with Gasteiger partial charge in [0.15, 0.2) is 16.6 Å². The van der Waals surface area contributed by atoms with E-state index in [0.29, 0.717) is 23.6 Å². The molecule has 3 rings (SSSR count). The predicted molar refractivity (Wildman–Crippen MR) is 87.2 cm³/mol. The Kier molecular flexibility index (Phi) is 3.74. The van der Waals surface area contributed by atoms with Gasteiger partial charge in [-0.1, -0.05) is 0 Å². The van der Waals surface area contributed by atoms with Crippen molar-refractivity contribution in [2.45, 2.75) is 17.7 Å². The van der Waals surface area contributed by atoms with Gasteiger partial charge in [0.25, 0.3) is 0 Å². The molecule has 1 atom stereocenters. The van der Waals surface area contributed by atoms with Crippen LogP contribution >= 0.6 is 35.4 Å². The summed E-state index contributed by atoms with van der Waals surface area (Å²) in [6.45, 7) is 1.90. The lowest BCUT2D eigenvalue weighted by Crippen LogP contribution is -2.47. The van der Waals surface area contributed by atoms with Crippen molar-refractivity contribution in [3.8, 4) is 11.5 Å². The van der Waals surface area contributed by atoms with Gasteiger partial charge >= 0.3 is 0 Å². The molecule has 9 heteroatoms. The first-order chi connectivity index (χ1) is 10.3. The quantitative estimate of drug-likeness (QED) is 0.426. The number of rotatable bonds is 2. The number of nitrogens with one attached hydrogen (secondary N) is 3. The molecule has 118 valence electrons. The summed E-state index contributed by atoms with van der Waals surface area (Å²) in [7, 11) is 0. The summed E-state index contributed by atoms with van der Waals surface area (Å²) in [5.74, 6) is 1.00. The lowest BCUT2D eigenvalue weighted by atomic mass is 10.1. The lowest BCUT2D eigenvalue weighted by molar-refractivity contribution is -0.126. The molecule has 1 aromatic rings. The van der Waals surface area contributed by atoms with Crippen LogP contribution in [0.4, 0.5) is 5.69 Å². The zero-order valence-corrected chi connectivity index (χ0v) is 13.9. The Hall–Kier alpha value is -1.44. The van der Waals surface area contributed by atoms with Gasteiger partial charge in [0.2, 0.25) is 12.7 Å². The molecule has 0 aromatic heterocycles. The molecule has 0 radical (unpaired) electrons. The SMILES string of the molecule is C[C@@]1(C(=O)NNC(=S)Nc2ccc3c(c2)OCO3)CC1(Cl)Cl. The number of benzene rings is 1. The van der Waals surface area contributed by atoms with Gasteiger partial charge in [-0.05, 0) is 37.7 Å². The molecule has 0 unspecified atom stereocenters. The highest BCUT2D eigenvalue weighted by Gasteiger charge is 2.68. The second kappa shape index (κ2) is 5.33. The minimum Gasteiger partial charge on any atom is -0.454 e. The van der Waals surface area contributed by atoms with Gasteiger partial charge in [-0.2, -0.15) is 0 Å². The van der Waals surface area contributed by atoms with Crippen molar-refractivity contribution in [3.63, 3.8) is 0 Å². The lowest BCUT2D eigenvalue weighted by Gasteiger charge is -2.15. The first kappa shape index (κ1) is 15.5. The number of halogens is 2. The number of anilines is 1. The highest BCUT2D eigenvalue weighted by molar-refractivity contribution is 7.80. The summed E-state index contributed by atoms with van der Waals surface area (Å²) in [5, 5.41) is 3.15. The second-order valence-electron chi connectivity index (χ2n) is 5.31. The van der Waals surface area contributed by atoms with Crippen LogP contribution in [-0.2, 0) is 4.79 Å². The fraction of sp³-hybridized carbons (Fsp3) is 0.385. The van der Waals surface area contributed by atoms with Crippen molar-refractivity contribution in [1.29, 1.82) is 0 Å². The van der Waals surface area contributed by atoms with Gasteiger partial charge in [-0.3, -0.25) is 15.6 Å². The van der Waals surface area contributed by atoms with Crippen LogP contribution in [-0.4, -0.2) is 22.1 Å². The maximum absolute atomic E-state index is 12.0. The number of hydrazine groups is 1. The Morgan fingerprint density at radius 2 is 1.95 bits per heavy atom. The van der Waals surface area contributed by atoms with Crippen molar-refractivity contribution < 1.29 is 14.3 Å². The molecule has 22 heavy (non-hydrogen) atoms. The van der Waals surface area contributed by atoms with Crippen LogP contribution in [0.1, 0.15) is 13.3 Å². The molecule has 0 bridgehead atoms. The van der Waals surface area contributed by atoms with Gasteiger partial charge in [0.05, 0.1) is 5.41 Å². The molecule has 0 saturated heterocycles. The average Bonchev–Trinajstić information content (AvgIpc) is 2.82. The summed E-state index contributed by atoms with van der Waals surface area (Å²) in [6, 6.07) is 5.31. The van der Waals surface area contributed by atoms with Crippen molar-refractivity contribution >= 4 is 52.1 Å². The number of hydrogen-bond acceptors (Lipinski definition) is 4. The van der Waals surface area contributed by atoms with Crippen molar-refractivity contribution in [3.05, 3.63) is 18.2 Å². The number of carbonyl (C=O) groups is 1. The Labute approximate surface area is 142 Å². The molecule has 1 aromatic carbocycles. The molecular formula is C13H13Cl2N3O3S. The molecule has 1 amide bonds. The van der Waals surface area contributed by atoms with Crippen LogP contribution < -0.4 is 25.6 Å². The monoisotopic (exact) mass is 361 g/mol.